The van der Waals surface area contributed by atoms with Crippen LogP contribution in [-0.4, -0.2) is 7.11 Å². The second kappa shape index (κ2) is 6.60. The van der Waals surface area contributed by atoms with Gasteiger partial charge in [0.2, 0.25) is 0 Å². The molecule has 0 aliphatic heterocycles. The molecule has 0 saturated heterocycles. The normalized spacial score (nSPS) is 12.3. The van der Waals surface area contributed by atoms with Crippen molar-refractivity contribution in [1.29, 1.82) is 0 Å². The summed E-state index contributed by atoms with van der Waals surface area (Å²) in [7, 11) is 1.70. The number of halogens is 1. The molecule has 1 unspecified atom stereocenters. The van der Waals surface area contributed by atoms with Gasteiger partial charge in [-0.15, -0.1) is 0 Å². The number of nitrogens with one attached hydrogen (secondary N) is 1. The van der Waals surface area contributed by atoms with E-state index < -0.39 is 0 Å². The highest BCUT2D eigenvalue weighted by atomic mass is 79.9. The number of benzene rings is 2. The van der Waals surface area contributed by atoms with Gasteiger partial charge >= 0.3 is 0 Å². The number of methoxy groups -OCH3 is 1. The van der Waals surface area contributed by atoms with Crippen molar-refractivity contribution in [2.45, 2.75) is 26.8 Å². The first kappa shape index (κ1) is 16.0. The Labute approximate surface area is 134 Å². The van der Waals surface area contributed by atoms with Gasteiger partial charge < -0.3 is 4.74 Å². The fourth-order valence-corrected chi connectivity index (χ4v) is 2.86. The van der Waals surface area contributed by atoms with Gasteiger partial charge in [-0.3, -0.25) is 5.84 Å². The molecule has 0 amide bonds. The first-order chi connectivity index (χ1) is 9.99. The quantitative estimate of drug-likeness (QED) is 0.649. The summed E-state index contributed by atoms with van der Waals surface area (Å²) in [6.07, 6.45) is 0. The number of ether oxygens (including phenoxy) is 1. The van der Waals surface area contributed by atoms with Gasteiger partial charge in [-0.2, -0.15) is 0 Å². The largest absolute Gasteiger partial charge is 0.496 e. The Bertz CT molecular complexity index is 655. The topological polar surface area (TPSA) is 47.3 Å². The summed E-state index contributed by atoms with van der Waals surface area (Å²) in [5.41, 5.74) is 8.58. The second-order valence-corrected chi connectivity index (χ2v) is 6.09. The molecule has 4 heteroatoms. The van der Waals surface area contributed by atoms with Gasteiger partial charge in [0.25, 0.3) is 0 Å². The van der Waals surface area contributed by atoms with Crippen LogP contribution in [0, 0.1) is 20.8 Å². The Hall–Kier alpha value is -1.36. The van der Waals surface area contributed by atoms with Crippen LogP contribution in [0.15, 0.2) is 34.8 Å². The molecule has 0 bridgehead atoms. The zero-order chi connectivity index (χ0) is 15.6. The molecule has 0 aliphatic carbocycles. The maximum absolute atomic E-state index is 5.82. The summed E-state index contributed by atoms with van der Waals surface area (Å²) in [5, 5.41) is 0. The molecule has 0 radical (unpaired) electrons. The van der Waals surface area contributed by atoms with Gasteiger partial charge in [0.1, 0.15) is 5.75 Å². The molecule has 112 valence electrons. The molecule has 0 heterocycles. The molecule has 0 spiro atoms. The van der Waals surface area contributed by atoms with Crippen LogP contribution in [-0.2, 0) is 0 Å². The van der Waals surface area contributed by atoms with E-state index in [1.54, 1.807) is 7.11 Å². The molecule has 3 N–H and O–H groups in total. The first-order valence-corrected chi connectivity index (χ1v) is 7.65. The third kappa shape index (κ3) is 3.12. The lowest BCUT2D eigenvalue weighted by atomic mass is 9.94. The molecule has 0 aliphatic rings. The number of nitrogens with two attached hydrogens (primary N) is 1. The number of rotatable bonds is 4. The zero-order valence-electron chi connectivity index (χ0n) is 12.8. The molecule has 2 rings (SSSR count). The van der Waals surface area contributed by atoms with Crippen LogP contribution in [0.3, 0.4) is 0 Å². The van der Waals surface area contributed by atoms with Crippen molar-refractivity contribution in [2.75, 3.05) is 7.11 Å². The first-order valence-electron chi connectivity index (χ1n) is 6.85. The summed E-state index contributed by atoms with van der Waals surface area (Å²) < 4.78 is 6.68. The van der Waals surface area contributed by atoms with Crippen LogP contribution < -0.4 is 16.0 Å². The summed E-state index contributed by atoms with van der Waals surface area (Å²) in [4.78, 5) is 0. The third-order valence-corrected chi connectivity index (χ3v) is 4.77. The molecular weight excluding hydrogens is 328 g/mol. The maximum Gasteiger partial charge on any atom is 0.127 e. The van der Waals surface area contributed by atoms with Gasteiger partial charge in [-0.05, 0) is 49.1 Å². The number of hydrazine groups is 1. The molecule has 0 aromatic heterocycles. The summed E-state index contributed by atoms with van der Waals surface area (Å²) in [6, 6.07) is 10.3. The van der Waals surface area contributed by atoms with Gasteiger partial charge in [-0.1, -0.05) is 40.2 Å². The molecule has 2 aromatic rings. The summed E-state index contributed by atoms with van der Waals surface area (Å²) in [6.45, 7) is 6.21. The summed E-state index contributed by atoms with van der Waals surface area (Å²) in [5.74, 6) is 6.70. The number of hydrogen-bond donors (Lipinski definition) is 2. The lowest BCUT2D eigenvalue weighted by molar-refractivity contribution is 0.400. The Morgan fingerprint density at radius 3 is 2.33 bits per heavy atom. The smallest absolute Gasteiger partial charge is 0.127 e. The van der Waals surface area contributed by atoms with Gasteiger partial charge in [0.15, 0.2) is 0 Å². The predicted octanol–water partition coefficient (Wildman–Crippen LogP) is 3.94. The molecular formula is C17H21BrN2O. The van der Waals surface area contributed by atoms with Crippen LogP contribution in [0.1, 0.15) is 33.9 Å². The van der Waals surface area contributed by atoms with Crippen LogP contribution >= 0.6 is 15.9 Å². The molecule has 0 fully saturated rings. The Balaban J connectivity index is 2.56. The molecule has 3 nitrogen and oxygen atoms in total. The van der Waals surface area contributed by atoms with Crippen molar-refractivity contribution >= 4 is 15.9 Å². The Morgan fingerprint density at radius 1 is 1.10 bits per heavy atom. The lowest BCUT2D eigenvalue weighted by Gasteiger charge is -2.22. The van der Waals surface area contributed by atoms with E-state index in [9.17, 15) is 0 Å². The van der Waals surface area contributed by atoms with Crippen LogP contribution in [0.5, 0.6) is 5.75 Å². The van der Waals surface area contributed by atoms with E-state index in [2.05, 4.69) is 72.5 Å². The minimum Gasteiger partial charge on any atom is -0.496 e. The van der Waals surface area contributed by atoms with E-state index in [0.29, 0.717) is 0 Å². The Kier molecular flexibility index (Phi) is 5.04. The minimum atomic E-state index is -0.115. The fourth-order valence-electron chi connectivity index (χ4n) is 2.46. The molecule has 1 atom stereocenters. The molecule has 2 aromatic carbocycles. The summed E-state index contributed by atoms with van der Waals surface area (Å²) >= 11 is 3.58. The van der Waals surface area contributed by atoms with Crippen molar-refractivity contribution < 1.29 is 4.74 Å². The van der Waals surface area contributed by atoms with Crippen LogP contribution in [0.2, 0.25) is 0 Å². The third-order valence-electron chi connectivity index (χ3n) is 3.92. The van der Waals surface area contributed by atoms with Crippen molar-refractivity contribution in [2.24, 2.45) is 5.84 Å². The monoisotopic (exact) mass is 348 g/mol. The van der Waals surface area contributed by atoms with E-state index in [1.165, 1.54) is 11.1 Å². The maximum atomic E-state index is 5.82. The zero-order valence-corrected chi connectivity index (χ0v) is 14.4. The highest BCUT2D eigenvalue weighted by Crippen LogP contribution is 2.34. The standard InChI is InChI=1S/C17H21BrN2O/c1-10-6-8-14(17(21-4)12(10)3)16(20-19)13-7-5-11(2)15(18)9-13/h5-9,16,20H,19H2,1-4H3. The van der Waals surface area contributed by atoms with Gasteiger partial charge in [0, 0.05) is 10.0 Å². The fraction of sp³-hybridized carbons (Fsp3) is 0.294. The van der Waals surface area contributed by atoms with Gasteiger partial charge in [0.05, 0.1) is 13.2 Å². The predicted molar refractivity (Wildman–Crippen MR) is 90.5 cm³/mol. The van der Waals surface area contributed by atoms with Crippen molar-refractivity contribution in [3.8, 4) is 5.75 Å². The van der Waals surface area contributed by atoms with E-state index in [1.807, 2.05) is 0 Å². The molecule has 21 heavy (non-hydrogen) atoms. The van der Waals surface area contributed by atoms with Crippen molar-refractivity contribution in [3.63, 3.8) is 0 Å². The number of aryl methyl sites for hydroxylation is 2. The number of hydrogen-bond acceptors (Lipinski definition) is 3. The SMILES string of the molecule is COc1c(C(NN)c2ccc(C)c(Br)c2)ccc(C)c1C. The average Bonchev–Trinajstić information content (AvgIpc) is 2.47. The Morgan fingerprint density at radius 2 is 1.76 bits per heavy atom. The second-order valence-electron chi connectivity index (χ2n) is 5.24. The van der Waals surface area contributed by atoms with E-state index in [0.717, 1.165) is 26.9 Å². The van der Waals surface area contributed by atoms with Gasteiger partial charge in [-0.25, -0.2) is 5.43 Å². The van der Waals surface area contributed by atoms with Crippen molar-refractivity contribution in [1.82, 2.24) is 5.43 Å². The van der Waals surface area contributed by atoms with E-state index in [-0.39, 0.29) is 6.04 Å². The lowest BCUT2D eigenvalue weighted by Crippen LogP contribution is -2.29. The average molecular weight is 349 g/mol. The van der Waals surface area contributed by atoms with Crippen LogP contribution in [0.25, 0.3) is 0 Å². The van der Waals surface area contributed by atoms with E-state index >= 15 is 0 Å². The minimum absolute atomic E-state index is 0.115. The highest BCUT2D eigenvalue weighted by molar-refractivity contribution is 9.10. The highest BCUT2D eigenvalue weighted by Gasteiger charge is 2.19. The van der Waals surface area contributed by atoms with E-state index in [4.69, 9.17) is 10.6 Å². The van der Waals surface area contributed by atoms with Crippen molar-refractivity contribution in [3.05, 3.63) is 62.6 Å². The van der Waals surface area contributed by atoms with Crippen LogP contribution in [0.4, 0.5) is 0 Å². The molecule has 0 saturated carbocycles.